The third kappa shape index (κ3) is 6.97. The van der Waals surface area contributed by atoms with E-state index in [2.05, 4.69) is 0 Å². The van der Waals surface area contributed by atoms with Crippen LogP contribution in [0, 0.1) is 5.92 Å². The molecule has 0 bridgehead atoms. The van der Waals surface area contributed by atoms with Gasteiger partial charge in [0, 0.05) is 19.5 Å². The minimum Gasteiger partial charge on any atom is -0.464 e. The van der Waals surface area contributed by atoms with Gasteiger partial charge in [0.05, 0.1) is 6.61 Å². The average Bonchev–Trinajstić information content (AvgIpc) is 2.67. The molecule has 0 aromatic heterocycles. The molecule has 172 valence electrons. The Morgan fingerprint density at radius 1 is 1.13 bits per heavy atom. The highest BCUT2D eigenvalue weighted by Gasteiger charge is 2.43. The second-order valence-electron chi connectivity index (χ2n) is 9.31. The van der Waals surface area contributed by atoms with Gasteiger partial charge in [-0.05, 0) is 45.6 Å². The molecule has 1 aliphatic rings. The molecule has 7 nitrogen and oxygen atoms in total. The second-order valence-corrected chi connectivity index (χ2v) is 9.31. The highest BCUT2D eigenvalue weighted by Crippen LogP contribution is 2.24. The van der Waals surface area contributed by atoms with Gasteiger partial charge in [-0.2, -0.15) is 0 Å². The number of carbonyl (C=O) groups excluding carboxylic acids is 3. The Morgan fingerprint density at radius 2 is 1.77 bits per heavy atom. The third-order valence-corrected chi connectivity index (χ3v) is 5.06. The molecule has 1 aromatic rings. The maximum absolute atomic E-state index is 13.6. The summed E-state index contributed by atoms with van der Waals surface area (Å²) in [5.74, 6) is -0.470. The van der Waals surface area contributed by atoms with Crippen molar-refractivity contribution in [2.24, 2.45) is 5.92 Å². The van der Waals surface area contributed by atoms with Crippen molar-refractivity contribution in [3.05, 3.63) is 35.9 Å². The van der Waals surface area contributed by atoms with Gasteiger partial charge in [0.1, 0.15) is 17.7 Å². The zero-order chi connectivity index (χ0) is 23.2. The molecule has 0 unspecified atom stereocenters. The van der Waals surface area contributed by atoms with Crippen molar-refractivity contribution >= 4 is 18.0 Å². The van der Waals surface area contributed by atoms with Gasteiger partial charge in [0.15, 0.2) is 0 Å². The first-order valence-corrected chi connectivity index (χ1v) is 11.0. The van der Waals surface area contributed by atoms with Gasteiger partial charge in [0.25, 0.3) is 0 Å². The molecule has 0 spiro atoms. The first kappa shape index (κ1) is 24.7. The number of piperazine rings is 1. The number of amides is 2. The van der Waals surface area contributed by atoms with Gasteiger partial charge < -0.3 is 14.4 Å². The molecule has 31 heavy (non-hydrogen) atoms. The van der Waals surface area contributed by atoms with E-state index >= 15 is 0 Å². The average molecular weight is 433 g/mol. The smallest absolute Gasteiger partial charge is 0.411 e. The molecule has 0 saturated carbocycles. The minimum absolute atomic E-state index is 0.189. The molecule has 2 rings (SSSR count). The fourth-order valence-corrected chi connectivity index (χ4v) is 3.73. The van der Waals surface area contributed by atoms with E-state index in [1.807, 2.05) is 44.2 Å². The van der Waals surface area contributed by atoms with Crippen LogP contribution in [0.15, 0.2) is 30.3 Å². The lowest BCUT2D eigenvalue weighted by atomic mass is 9.96. The van der Waals surface area contributed by atoms with E-state index < -0.39 is 29.7 Å². The number of nitrogens with zero attached hydrogens (tertiary/aromatic N) is 2. The van der Waals surface area contributed by atoms with E-state index in [9.17, 15) is 14.4 Å². The lowest BCUT2D eigenvalue weighted by molar-refractivity contribution is -0.159. The SMILES string of the molecule is CCOC(=O)[C@@H](Cc1ccccc1)N1CCN(C(=O)OC(C)(C)C)[C@H](CC(C)C)C1=O. The standard InChI is InChI=1S/C24H36N2O5/c1-7-30-22(28)20(16-18-11-9-8-10-12-18)25-13-14-26(23(29)31-24(4,5)6)19(21(25)27)15-17(2)3/h8-12,17,19-20H,7,13-16H2,1-6H3/t19-,20-/m1/s1. The molecule has 2 atom stereocenters. The van der Waals surface area contributed by atoms with Gasteiger partial charge >= 0.3 is 12.1 Å². The van der Waals surface area contributed by atoms with Gasteiger partial charge in [0.2, 0.25) is 5.91 Å². The number of hydrogen-bond donors (Lipinski definition) is 0. The molecule has 1 saturated heterocycles. The summed E-state index contributed by atoms with van der Waals surface area (Å²) < 4.78 is 10.8. The molecule has 1 aromatic carbocycles. The Bertz CT molecular complexity index is 757. The number of ether oxygens (including phenoxy) is 2. The largest absolute Gasteiger partial charge is 0.464 e. The predicted molar refractivity (Wildman–Crippen MR) is 118 cm³/mol. The predicted octanol–water partition coefficient (Wildman–Crippen LogP) is 3.65. The van der Waals surface area contributed by atoms with Crippen LogP contribution in [-0.4, -0.2) is 65.2 Å². The molecule has 7 heteroatoms. The summed E-state index contributed by atoms with van der Waals surface area (Å²) in [5, 5.41) is 0. The zero-order valence-electron chi connectivity index (χ0n) is 19.6. The Labute approximate surface area is 185 Å². The number of benzene rings is 1. The molecule has 1 heterocycles. The first-order chi connectivity index (χ1) is 14.5. The maximum Gasteiger partial charge on any atom is 0.411 e. The molecule has 0 N–H and O–H groups in total. The lowest BCUT2D eigenvalue weighted by Crippen LogP contribution is -2.63. The summed E-state index contributed by atoms with van der Waals surface area (Å²) in [6.45, 7) is 12.0. The normalized spacial score (nSPS) is 18.2. The molecule has 1 fully saturated rings. The van der Waals surface area contributed by atoms with Crippen molar-refractivity contribution in [3.8, 4) is 0 Å². The Balaban J connectivity index is 2.30. The fourth-order valence-electron chi connectivity index (χ4n) is 3.73. The minimum atomic E-state index is -0.731. The Hall–Kier alpha value is -2.57. The van der Waals surface area contributed by atoms with E-state index in [1.54, 1.807) is 32.6 Å². The van der Waals surface area contributed by atoms with Gasteiger partial charge in [-0.25, -0.2) is 9.59 Å². The molecular formula is C24H36N2O5. The summed E-state index contributed by atoms with van der Waals surface area (Å²) in [5.41, 5.74) is 0.295. The number of rotatable bonds is 7. The number of hydrogen-bond acceptors (Lipinski definition) is 5. The lowest BCUT2D eigenvalue weighted by Gasteiger charge is -2.43. The quantitative estimate of drug-likeness (QED) is 0.615. The van der Waals surface area contributed by atoms with Gasteiger partial charge in [-0.1, -0.05) is 44.2 Å². The highest BCUT2D eigenvalue weighted by atomic mass is 16.6. The van der Waals surface area contributed by atoms with Crippen LogP contribution >= 0.6 is 0 Å². The highest BCUT2D eigenvalue weighted by molar-refractivity contribution is 5.91. The molecular weight excluding hydrogens is 396 g/mol. The molecule has 1 aliphatic heterocycles. The van der Waals surface area contributed by atoms with Crippen molar-refractivity contribution in [1.82, 2.24) is 9.80 Å². The molecule has 0 radical (unpaired) electrons. The topological polar surface area (TPSA) is 76.2 Å². The van der Waals surface area contributed by atoms with Gasteiger partial charge in [-0.15, -0.1) is 0 Å². The second kappa shape index (κ2) is 10.6. The molecule has 0 aliphatic carbocycles. The van der Waals surface area contributed by atoms with Crippen molar-refractivity contribution < 1.29 is 23.9 Å². The summed E-state index contributed by atoms with van der Waals surface area (Å²) in [4.78, 5) is 42.2. The maximum atomic E-state index is 13.6. The van der Waals surface area contributed by atoms with E-state index in [1.165, 1.54) is 4.90 Å². The van der Waals surface area contributed by atoms with Crippen LogP contribution in [0.3, 0.4) is 0 Å². The zero-order valence-corrected chi connectivity index (χ0v) is 19.6. The fraction of sp³-hybridized carbons (Fsp3) is 0.625. The third-order valence-electron chi connectivity index (χ3n) is 5.06. The number of carbonyl (C=O) groups is 3. The van der Waals surface area contributed by atoms with Crippen LogP contribution in [0.5, 0.6) is 0 Å². The van der Waals surface area contributed by atoms with E-state index in [-0.39, 0.29) is 25.0 Å². The van der Waals surface area contributed by atoms with Crippen molar-refractivity contribution in [1.29, 1.82) is 0 Å². The van der Waals surface area contributed by atoms with E-state index in [4.69, 9.17) is 9.47 Å². The van der Waals surface area contributed by atoms with Gasteiger partial charge in [-0.3, -0.25) is 9.69 Å². The Morgan fingerprint density at radius 3 is 2.32 bits per heavy atom. The summed E-state index contributed by atoms with van der Waals surface area (Å²) >= 11 is 0. The van der Waals surface area contributed by atoms with E-state index in [0.717, 1.165) is 5.56 Å². The van der Waals surface area contributed by atoms with Crippen molar-refractivity contribution in [2.75, 3.05) is 19.7 Å². The van der Waals surface area contributed by atoms with E-state index in [0.29, 0.717) is 19.4 Å². The number of esters is 1. The summed E-state index contributed by atoms with van der Waals surface area (Å²) in [6, 6.07) is 8.18. The summed E-state index contributed by atoms with van der Waals surface area (Å²) in [6.07, 6.45) is 0.365. The monoisotopic (exact) mass is 432 g/mol. The molecule has 2 amide bonds. The van der Waals surface area contributed by atoms with Crippen LogP contribution in [0.1, 0.15) is 53.5 Å². The van der Waals surface area contributed by atoms with Crippen LogP contribution < -0.4 is 0 Å². The van der Waals surface area contributed by atoms with Crippen LogP contribution in [0.25, 0.3) is 0 Å². The van der Waals surface area contributed by atoms with Crippen LogP contribution in [0.4, 0.5) is 4.79 Å². The van der Waals surface area contributed by atoms with Crippen molar-refractivity contribution in [3.63, 3.8) is 0 Å². The first-order valence-electron chi connectivity index (χ1n) is 11.0. The van der Waals surface area contributed by atoms with Crippen LogP contribution in [0.2, 0.25) is 0 Å². The summed E-state index contributed by atoms with van der Waals surface area (Å²) in [7, 11) is 0. The van der Waals surface area contributed by atoms with Crippen LogP contribution in [-0.2, 0) is 25.5 Å². The Kier molecular flexibility index (Phi) is 8.48. The van der Waals surface area contributed by atoms with Crippen molar-refractivity contribution in [2.45, 2.75) is 72.1 Å².